The summed E-state index contributed by atoms with van der Waals surface area (Å²) in [6, 6.07) is 16.3. The highest BCUT2D eigenvalue weighted by molar-refractivity contribution is 7.17. The molecule has 4 heterocycles. The molecule has 1 aliphatic heterocycles. The van der Waals surface area contributed by atoms with Gasteiger partial charge in [0.05, 0.1) is 15.8 Å². The normalized spacial score (nSPS) is 17.6. The number of piperazine rings is 1. The van der Waals surface area contributed by atoms with Crippen LogP contribution in [0.3, 0.4) is 0 Å². The summed E-state index contributed by atoms with van der Waals surface area (Å²) in [5.41, 5.74) is 1.95. The van der Waals surface area contributed by atoms with E-state index in [4.69, 9.17) is 0 Å². The molecule has 0 bridgehead atoms. The van der Waals surface area contributed by atoms with Crippen LogP contribution in [-0.4, -0.2) is 50.9 Å². The summed E-state index contributed by atoms with van der Waals surface area (Å²) in [5.74, 6) is 1.12. The molecule has 1 saturated carbocycles. The maximum atomic E-state index is 13.4. The SMILES string of the molecule is O=C(c1ccc(-c2ccccc2)s1)N1CCN(c2ncnc3[nH]ccc23)CC12CC2. The molecule has 1 N–H and O–H groups in total. The Balaban J connectivity index is 1.25. The first-order chi connectivity index (χ1) is 14.7. The smallest absolute Gasteiger partial charge is 0.264 e. The molecular weight excluding hydrogens is 394 g/mol. The van der Waals surface area contributed by atoms with Gasteiger partial charge in [0.15, 0.2) is 0 Å². The molecule has 0 radical (unpaired) electrons. The molecule has 7 heteroatoms. The number of hydrogen-bond donors (Lipinski definition) is 1. The first-order valence-electron chi connectivity index (χ1n) is 10.2. The summed E-state index contributed by atoms with van der Waals surface area (Å²) in [6.45, 7) is 2.32. The molecule has 2 fully saturated rings. The van der Waals surface area contributed by atoms with Crippen molar-refractivity contribution in [2.75, 3.05) is 24.5 Å². The van der Waals surface area contributed by atoms with Gasteiger partial charge in [-0.05, 0) is 36.6 Å². The van der Waals surface area contributed by atoms with Crippen LogP contribution in [-0.2, 0) is 0 Å². The fraction of sp³-hybridized carbons (Fsp3) is 0.261. The van der Waals surface area contributed by atoms with Crippen molar-refractivity contribution in [2.24, 2.45) is 0 Å². The van der Waals surface area contributed by atoms with Gasteiger partial charge in [0.25, 0.3) is 5.91 Å². The molecule has 1 aliphatic carbocycles. The second kappa shape index (κ2) is 6.67. The van der Waals surface area contributed by atoms with Crippen LogP contribution in [0.1, 0.15) is 22.5 Å². The van der Waals surface area contributed by atoms with Gasteiger partial charge in [0, 0.05) is 30.7 Å². The van der Waals surface area contributed by atoms with Gasteiger partial charge in [-0.1, -0.05) is 30.3 Å². The minimum atomic E-state index is -0.0696. The number of amides is 1. The number of benzene rings is 1. The zero-order chi connectivity index (χ0) is 20.1. The van der Waals surface area contributed by atoms with E-state index in [0.29, 0.717) is 6.54 Å². The number of anilines is 1. The summed E-state index contributed by atoms with van der Waals surface area (Å²) in [7, 11) is 0. The number of aromatic nitrogens is 3. The second-order valence-corrected chi connectivity index (χ2v) is 9.15. The van der Waals surface area contributed by atoms with Crippen LogP contribution in [0.4, 0.5) is 5.82 Å². The van der Waals surface area contributed by atoms with Gasteiger partial charge in [-0.3, -0.25) is 4.79 Å². The quantitative estimate of drug-likeness (QED) is 0.545. The highest BCUT2D eigenvalue weighted by Crippen LogP contribution is 2.46. The van der Waals surface area contributed by atoms with Gasteiger partial charge in [0.2, 0.25) is 0 Å². The zero-order valence-electron chi connectivity index (χ0n) is 16.4. The molecule has 0 unspecified atom stereocenters. The van der Waals surface area contributed by atoms with E-state index >= 15 is 0 Å². The lowest BCUT2D eigenvalue weighted by molar-refractivity contribution is 0.0629. The van der Waals surface area contributed by atoms with Crippen molar-refractivity contribution in [3.05, 3.63) is 65.9 Å². The molecule has 1 spiro atoms. The van der Waals surface area contributed by atoms with Gasteiger partial charge in [-0.2, -0.15) is 0 Å². The minimum Gasteiger partial charge on any atom is -0.352 e. The van der Waals surface area contributed by atoms with E-state index in [1.807, 2.05) is 36.5 Å². The molecule has 1 aromatic carbocycles. The highest BCUT2D eigenvalue weighted by Gasteiger charge is 2.53. The first-order valence-corrected chi connectivity index (χ1v) is 11.1. The Morgan fingerprint density at radius 1 is 1.03 bits per heavy atom. The Morgan fingerprint density at radius 2 is 1.90 bits per heavy atom. The number of thiophene rings is 1. The van der Waals surface area contributed by atoms with Crippen LogP contribution in [0.2, 0.25) is 0 Å². The maximum absolute atomic E-state index is 13.4. The van der Waals surface area contributed by atoms with Crippen LogP contribution in [0.15, 0.2) is 61.1 Å². The Morgan fingerprint density at radius 3 is 2.73 bits per heavy atom. The first kappa shape index (κ1) is 17.7. The van der Waals surface area contributed by atoms with Crippen LogP contribution in [0.25, 0.3) is 21.5 Å². The lowest BCUT2D eigenvalue weighted by Crippen LogP contribution is -2.57. The number of rotatable bonds is 3. The molecule has 1 saturated heterocycles. The number of nitrogens with zero attached hydrogens (tertiary/aromatic N) is 4. The van der Waals surface area contributed by atoms with Crippen LogP contribution in [0, 0.1) is 0 Å². The lowest BCUT2D eigenvalue weighted by Gasteiger charge is -2.42. The predicted molar refractivity (Wildman–Crippen MR) is 119 cm³/mol. The Hall–Kier alpha value is -3.19. The summed E-state index contributed by atoms with van der Waals surface area (Å²) in [4.78, 5) is 31.8. The fourth-order valence-electron chi connectivity index (χ4n) is 4.50. The van der Waals surface area contributed by atoms with Crippen molar-refractivity contribution >= 4 is 34.1 Å². The van der Waals surface area contributed by atoms with Gasteiger partial charge >= 0.3 is 0 Å². The number of H-pyrrole nitrogens is 1. The monoisotopic (exact) mass is 415 g/mol. The third-order valence-corrected chi connectivity index (χ3v) is 7.35. The van der Waals surface area contributed by atoms with E-state index in [1.54, 1.807) is 17.7 Å². The molecule has 2 aliphatic rings. The molecule has 6 rings (SSSR count). The lowest BCUT2D eigenvalue weighted by atomic mass is 10.1. The summed E-state index contributed by atoms with van der Waals surface area (Å²) in [5, 5.41) is 1.04. The third kappa shape index (κ3) is 2.81. The molecule has 4 aromatic rings. The number of hydrogen-bond acceptors (Lipinski definition) is 5. The average molecular weight is 416 g/mol. The molecule has 3 aromatic heterocycles. The topological polar surface area (TPSA) is 65.1 Å². The number of carbonyl (C=O) groups excluding carboxylic acids is 1. The van der Waals surface area contributed by atoms with Crippen molar-refractivity contribution in [1.82, 2.24) is 19.9 Å². The summed E-state index contributed by atoms with van der Waals surface area (Å²) in [6.07, 6.45) is 5.61. The molecule has 6 nitrogen and oxygen atoms in total. The van der Waals surface area contributed by atoms with Gasteiger partial charge in [0.1, 0.15) is 17.8 Å². The third-order valence-electron chi connectivity index (χ3n) is 6.23. The number of aromatic amines is 1. The average Bonchev–Trinajstić information content (AvgIpc) is 3.21. The van der Waals surface area contributed by atoms with Crippen LogP contribution < -0.4 is 4.90 Å². The number of nitrogens with one attached hydrogen (secondary N) is 1. The van der Waals surface area contributed by atoms with Crippen molar-refractivity contribution in [2.45, 2.75) is 18.4 Å². The van der Waals surface area contributed by atoms with Gasteiger partial charge in [-0.25, -0.2) is 9.97 Å². The predicted octanol–water partition coefficient (Wildman–Crippen LogP) is 4.18. The van der Waals surface area contributed by atoms with Crippen molar-refractivity contribution in [3.8, 4) is 10.4 Å². The summed E-state index contributed by atoms with van der Waals surface area (Å²) < 4.78 is 0. The van der Waals surface area contributed by atoms with Gasteiger partial charge < -0.3 is 14.8 Å². The van der Waals surface area contributed by atoms with Gasteiger partial charge in [-0.15, -0.1) is 11.3 Å². The zero-order valence-corrected chi connectivity index (χ0v) is 17.2. The van der Waals surface area contributed by atoms with Crippen molar-refractivity contribution in [1.29, 1.82) is 0 Å². The molecule has 30 heavy (non-hydrogen) atoms. The van der Waals surface area contributed by atoms with Crippen LogP contribution >= 0.6 is 11.3 Å². The second-order valence-electron chi connectivity index (χ2n) is 8.07. The largest absolute Gasteiger partial charge is 0.352 e. The maximum Gasteiger partial charge on any atom is 0.264 e. The Labute approximate surface area is 178 Å². The van der Waals surface area contributed by atoms with E-state index in [-0.39, 0.29) is 11.4 Å². The van der Waals surface area contributed by atoms with E-state index < -0.39 is 0 Å². The molecule has 1 amide bonds. The van der Waals surface area contributed by atoms with E-state index in [1.165, 1.54) is 0 Å². The fourth-order valence-corrected chi connectivity index (χ4v) is 5.46. The minimum absolute atomic E-state index is 0.0696. The number of fused-ring (bicyclic) bond motifs is 1. The Kier molecular flexibility index (Phi) is 3.92. The van der Waals surface area contributed by atoms with E-state index in [0.717, 1.165) is 58.1 Å². The molecular formula is C23H21N5OS. The highest BCUT2D eigenvalue weighted by atomic mass is 32.1. The number of carbonyl (C=O) groups is 1. The molecule has 150 valence electrons. The standard InChI is InChI=1S/C23H21N5OS/c29-22(19-7-6-18(30-19)16-4-2-1-3-5-16)28-13-12-27(14-23(28)9-10-23)21-17-8-11-24-20(17)25-15-26-21/h1-8,11,15H,9-10,12-14H2,(H,24,25,26). The van der Waals surface area contributed by atoms with E-state index in [9.17, 15) is 4.79 Å². The van der Waals surface area contributed by atoms with Crippen LogP contribution in [0.5, 0.6) is 0 Å². The molecule has 0 atom stereocenters. The summed E-state index contributed by atoms with van der Waals surface area (Å²) >= 11 is 1.59. The van der Waals surface area contributed by atoms with Crippen molar-refractivity contribution < 1.29 is 4.79 Å². The Bertz CT molecular complexity index is 1230. The van der Waals surface area contributed by atoms with Crippen molar-refractivity contribution in [3.63, 3.8) is 0 Å². The van der Waals surface area contributed by atoms with E-state index in [2.05, 4.69) is 43.0 Å².